The van der Waals surface area contributed by atoms with E-state index in [1.54, 1.807) is 24.2 Å². The van der Waals surface area contributed by atoms with Gasteiger partial charge < -0.3 is 10.2 Å². The zero-order valence-electron chi connectivity index (χ0n) is 7.24. The molecule has 0 aromatic carbocycles. The van der Waals surface area contributed by atoms with Crippen LogP contribution in [0.5, 0.6) is 0 Å². The molecule has 1 aliphatic rings. The van der Waals surface area contributed by atoms with Gasteiger partial charge in [-0.05, 0) is 6.08 Å². The van der Waals surface area contributed by atoms with Crippen molar-refractivity contribution in [2.45, 2.75) is 6.42 Å². The van der Waals surface area contributed by atoms with Gasteiger partial charge in [0.05, 0.1) is 18.0 Å². The number of thiocarbonyl (C=S) groups is 2. The van der Waals surface area contributed by atoms with Crippen molar-refractivity contribution in [3.05, 3.63) is 12.3 Å². The Labute approximate surface area is 87.8 Å². The minimum absolute atomic E-state index is 0.00472. The highest BCUT2D eigenvalue weighted by Crippen LogP contribution is 2.05. The number of nitrogens with zero attached hydrogens (tertiary/aromatic N) is 1. The number of carbonyl (C=O) groups is 1. The number of hydrogen-bond acceptors (Lipinski definition) is 3. The summed E-state index contributed by atoms with van der Waals surface area (Å²) in [5.41, 5.74) is 0. The Hall–Kier alpha value is -0.810. The predicted octanol–water partition coefficient (Wildman–Crippen LogP) is 0.649. The molecule has 0 spiro atoms. The standard InChI is InChI=1S/C8H10N2OS2/c1-9-7(13)5-10-3-2-6(12)4-8(10)11/h2-3H,4-5H2,1H3,(H,9,13). The van der Waals surface area contributed by atoms with Crippen LogP contribution < -0.4 is 5.32 Å². The lowest BCUT2D eigenvalue weighted by atomic mass is 10.2. The molecule has 0 fully saturated rings. The highest BCUT2D eigenvalue weighted by atomic mass is 32.1. The van der Waals surface area contributed by atoms with E-state index >= 15 is 0 Å². The first kappa shape index (κ1) is 10.3. The van der Waals surface area contributed by atoms with E-state index in [1.165, 1.54) is 0 Å². The van der Waals surface area contributed by atoms with E-state index in [0.717, 1.165) is 0 Å². The Bertz CT molecular complexity index is 286. The molecule has 0 aliphatic carbocycles. The van der Waals surface area contributed by atoms with Crippen LogP contribution in [-0.2, 0) is 4.79 Å². The van der Waals surface area contributed by atoms with Crippen molar-refractivity contribution >= 4 is 40.2 Å². The van der Waals surface area contributed by atoms with Gasteiger partial charge in [-0.15, -0.1) is 0 Å². The van der Waals surface area contributed by atoms with Gasteiger partial charge in [0, 0.05) is 18.1 Å². The van der Waals surface area contributed by atoms with Crippen LogP contribution in [0.15, 0.2) is 12.3 Å². The first-order valence-electron chi connectivity index (χ1n) is 3.84. The molecule has 1 rings (SSSR count). The molecular formula is C8H10N2OS2. The van der Waals surface area contributed by atoms with E-state index in [4.69, 9.17) is 24.4 Å². The van der Waals surface area contributed by atoms with Gasteiger partial charge in [0.25, 0.3) is 0 Å². The average Bonchev–Trinajstić information content (AvgIpc) is 2.09. The van der Waals surface area contributed by atoms with E-state index in [2.05, 4.69) is 5.32 Å². The minimum Gasteiger partial charge on any atom is -0.381 e. The van der Waals surface area contributed by atoms with Crippen molar-refractivity contribution in [3.8, 4) is 0 Å². The molecule has 0 aromatic heterocycles. The van der Waals surface area contributed by atoms with Gasteiger partial charge in [0.2, 0.25) is 5.91 Å². The van der Waals surface area contributed by atoms with Gasteiger partial charge in [-0.1, -0.05) is 24.4 Å². The molecule has 3 nitrogen and oxygen atoms in total. The summed E-state index contributed by atoms with van der Waals surface area (Å²) in [4.78, 5) is 14.2. The van der Waals surface area contributed by atoms with Crippen LogP contribution in [0.2, 0.25) is 0 Å². The molecule has 0 unspecified atom stereocenters. The molecule has 0 saturated heterocycles. The van der Waals surface area contributed by atoms with E-state index < -0.39 is 0 Å². The SMILES string of the molecule is CNC(=S)CN1C=CC(=S)CC1=O. The third-order valence-electron chi connectivity index (χ3n) is 1.68. The van der Waals surface area contributed by atoms with E-state index in [0.29, 0.717) is 22.8 Å². The molecule has 0 aromatic rings. The van der Waals surface area contributed by atoms with Crippen LogP contribution in [0, 0.1) is 0 Å². The van der Waals surface area contributed by atoms with Crippen molar-refractivity contribution in [2.75, 3.05) is 13.6 Å². The number of likely N-dealkylation sites (N-methyl/N-ethyl adjacent to an activating group) is 1. The Balaban J connectivity index is 2.60. The Kier molecular flexibility index (Phi) is 3.50. The number of amides is 1. The van der Waals surface area contributed by atoms with Gasteiger partial charge in [-0.25, -0.2) is 0 Å². The summed E-state index contributed by atoms with van der Waals surface area (Å²) in [5, 5.41) is 2.81. The van der Waals surface area contributed by atoms with Crippen molar-refractivity contribution in [2.24, 2.45) is 0 Å². The summed E-state index contributed by atoms with van der Waals surface area (Å²) in [5.74, 6) is 0.00472. The lowest BCUT2D eigenvalue weighted by molar-refractivity contribution is -0.126. The minimum atomic E-state index is 0.00472. The molecule has 13 heavy (non-hydrogen) atoms. The van der Waals surface area contributed by atoms with E-state index in [9.17, 15) is 4.79 Å². The number of carbonyl (C=O) groups excluding carboxylic acids is 1. The highest BCUT2D eigenvalue weighted by molar-refractivity contribution is 7.80. The molecule has 0 saturated carbocycles. The van der Waals surface area contributed by atoms with Gasteiger partial charge in [0.1, 0.15) is 0 Å². The van der Waals surface area contributed by atoms with Crippen molar-refractivity contribution < 1.29 is 4.79 Å². The zero-order valence-corrected chi connectivity index (χ0v) is 8.87. The maximum Gasteiger partial charge on any atom is 0.232 e. The van der Waals surface area contributed by atoms with Crippen LogP contribution in [0.1, 0.15) is 6.42 Å². The molecular weight excluding hydrogens is 204 g/mol. The average molecular weight is 214 g/mol. The fourth-order valence-corrected chi connectivity index (χ4v) is 1.26. The summed E-state index contributed by atoms with van der Waals surface area (Å²) < 4.78 is 0. The van der Waals surface area contributed by atoms with Gasteiger partial charge in [-0.3, -0.25) is 4.79 Å². The van der Waals surface area contributed by atoms with Gasteiger partial charge in [-0.2, -0.15) is 0 Å². The van der Waals surface area contributed by atoms with Crippen LogP contribution >= 0.6 is 24.4 Å². The fourth-order valence-electron chi connectivity index (χ4n) is 0.940. The molecule has 1 N–H and O–H groups in total. The highest BCUT2D eigenvalue weighted by Gasteiger charge is 2.17. The third kappa shape index (κ3) is 2.86. The molecule has 0 bridgehead atoms. The van der Waals surface area contributed by atoms with E-state index in [1.807, 2.05) is 0 Å². The largest absolute Gasteiger partial charge is 0.381 e. The quantitative estimate of drug-likeness (QED) is 0.684. The molecule has 5 heteroatoms. The molecule has 0 atom stereocenters. The van der Waals surface area contributed by atoms with Crippen molar-refractivity contribution in [1.29, 1.82) is 0 Å². The van der Waals surface area contributed by atoms with Crippen molar-refractivity contribution in [1.82, 2.24) is 10.2 Å². The van der Waals surface area contributed by atoms with Gasteiger partial charge in [0.15, 0.2) is 0 Å². The predicted molar refractivity (Wildman–Crippen MR) is 59.7 cm³/mol. The zero-order chi connectivity index (χ0) is 9.84. The van der Waals surface area contributed by atoms with Crippen molar-refractivity contribution in [3.63, 3.8) is 0 Å². The number of allylic oxidation sites excluding steroid dienone is 1. The van der Waals surface area contributed by atoms with Crippen LogP contribution in [-0.4, -0.2) is 34.3 Å². The molecule has 1 amide bonds. The second-order valence-electron chi connectivity index (χ2n) is 2.65. The second kappa shape index (κ2) is 4.43. The first-order chi connectivity index (χ1) is 6.13. The monoisotopic (exact) mass is 214 g/mol. The van der Waals surface area contributed by atoms with Gasteiger partial charge >= 0.3 is 0 Å². The molecule has 1 aliphatic heterocycles. The first-order valence-corrected chi connectivity index (χ1v) is 4.66. The molecule has 1 heterocycles. The smallest absolute Gasteiger partial charge is 0.232 e. The number of nitrogens with one attached hydrogen (secondary N) is 1. The Morgan fingerprint density at radius 1 is 1.77 bits per heavy atom. The van der Waals surface area contributed by atoms with Crippen LogP contribution in [0.4, 0.5) is 0 Å². The third-order valence-corrected chi connectivity index (χ3v) is 2.29. The number of hydrogen-bond donors (Lipinski definition) is 1. The normalized spacial score (nSPS) is 16.2. The maximum atomic E-state index is 11.4. The summed E-state index contributed by atoms with van der Waals surface area (Å²) in [6.45, 7) is 0.434. The Morgan fingerprint density at radius 2 is 2.46 bits per heavy atom. The maximum absolute atomic E-state index is 11.4. The topological polar surface area (TPSA) is 32.3 Å². The fraction of sp³-hybridized carbons (Fsp3) is 0.375. The van der Waals surface area contributed by atoms with Crippen LogP contribution in [0.3, 0.4) is 0 Å². The van der Waals surface area contributed by atoms with Crippen LogP contribution in [0.25, 0.3) is 0 Å². The Morgan fingerprint density at radius 3 is 3.00 bits per heavy atom. The summed E-state index contributed by atoms with van der Waals surface area (Å²) in [6.07, 6.45) is 3.75. The summed E-state index contributed by atoms with van der Waals surface area (Å²) in [6, 6.07) is 0. The lowest BCUT2D eigenvalue weighted by Crippen LogP contribution is -2.37. The molecule has 70 valence electrons. The summed E-state index contributed by atoms with van der Waals surface area (Å²) >= 11 is 9.84. The lowest BCUT2D eigenvalue weighted by Gasteiger charge is -2.21. The second-order valence-corrected chi connectivity index (χ2v) is 3.67. The molecule has 0 radical (unpaired) electrons. The number of rotatable bonds is 2. The summed E-state index contributed by atoms with van der Waals surface area (Å²) in [7, 11) is 1.74. The van der Waals surface area contributed by atoms with E-state index in [-0.39, 0.29) is 5.91 Å².